The van der Waals surface area contributed by atoms with E-state index in [-0.39, 0.29) is 19.0 Å². The maximum Gasteiger partial charge on any atom is 0.471 e. The summed E-state index contributed by atoms with van der Waals surface area (Å²) in [6.45, 7) is 4.00. The number of nitrogens with zero attached hydrogens (tertiary/aromatic N) is 3. The number of aryl methyl sites for hydroxylation is 1. The Labute approximate surface area is 127 Å². The Morgan fingerprint density at radius 3 is 2.36 bits per heavy atom. The van der Waals surface area contributed by atoms with Gasteiger partial charge < -0.3 is 10.6 Å². The van der Waals surface area contributed by atoms with Crippen molar-refractivity contribution in [2.24, 2.45) is 12.8 Å². The molecule has 0 aliphatic carbocycles. The van der Waals surface area contributed by atoms with Crippen LogP contribution in [0.1, 0.15) is 43.9 Å². The third kappa shape index (κ3) is 3.11. The van der Waals surface area contributed by atoms with Crippen molar-refractivity contribution in [2.45, 2.75) is 44.3 Å². The van der Waals surface area contributed by atoms with Crippen molar-refractivity contribution >= 4 is 5.91 Å². The standard InChI is InChI=1S/C14H21F3N4O/c1-9(2)11-10(8-20(3)19-11)13(18)4-6-21(7-5-13)12(22)14(15,16)17/h8-9H,4-7,18H2,1-3H3. The molecule has 5 nitrogen and oxygen atoms in total. The summed E-state index contributed by atoms with van der Waals surface area (Å²) in [7, 11) is 1.79. The summed E-state index contributed by atoms with van der Waals surface area (Å²) in [6, 6.07) is 0. The zero-order chi connectivity index (χ0) is 16.7. The minimum Gasteiger partial charge on any atom is -0.335 e. The van der Waals surface area contributed by atoms with Crippen molar-refractivity contribution in [1.29, 1.82) is 0 Å². The highest BCUT2D eigenvalue weighted by molar-refractivity contribution is 5.82. The Morgan fingerprint density at radius 2 is 1.91 bits per heavy atom. The van der Waals surface area contributed by atoms with Crippen LogP contribution >= 0.6 is 0 Å². The molecule has 0 aromatic carbocycles. The number of nitrogens with two attached hydrogens (primary N) is 1. The van der Waals surface area contributed by atoms with E-state index < -0.39 is 17.6 Å². The third-order valence-electron chi connectivity index (χ3n) is 4.13. The van der Waals surface area contributed by atoms with E-state index in [0.29, 0.717) is 12.8 Å². The van der Waals surface area contributed by atoms with Crippen LogP contribution in [0.15, 0.2) is 6.20 Å². The topological polar surface area (TPSA) is 64.2 Å². The summed E-state index contributed by atoms with van der Waals surface area (Å²) in [6.07, 6.45) is -2.41. The average molecular weight is 318 g/mol. The van der Waals surface area contributed by atoms with Crippen LogP contribution in [0.2, 0.25) is 0 Å². The summed E-state index contributed by atoms with van der Waals surface area (Å²) in [4.78, 5) is 12.1. The normalized spacial score (nSPS) is 18.8. The number of hydrogen-bond acceptors (Lipinski definition) is 3. The van der Waals surface area contributed by atoms with Crippen molar-refractivity contribution < 1.29 is 18.0 Å². The second-order valence-electron chi connectivity index (χ2n) is 6.20. The first-order valence-electron chi connectivity index (χ1n) is 7.23. The van der Waals surface area contributed by atoms with Crippen LogP contribution in [-0.4, -0.2) is 39.9 Å². The molecular formula is C14H21F3N4O. The van der Waals surface area contributed by atoms with Crippen molar-refractivity contribution in [1.82, 2.24) is 14.7 Å². The molecule has 124 valence electrons. The number of rotatable bonds is 2. The molecular weight excluding hydrogens is 297 g/mol. The Balaban J connectivity index is 2.18. The van der Waals surface area contributed by atoms with Gasteiger partial charge in [0, 0.05) is 37.4 Å². The average Bonchev–Trinajstić information content (AvgIpc) is 2.81. The quantitative estimate of drug-likeness (QED) is 0.905. The molecule has 8 heteroatoms. The molecule has 0 spiro atoms. The maximum absolute atomic E-state index is 12.5. The fraction of sp³-hybridized carbons (Fsp3) is 0.714. The molecule has 0 unspecified atom stereocenters. The Hall–Kier alpha value is -1.57. The van der Waals surface area contributed by atoms with Gasteiger partial charge in [-0.3, -0.25) is 9.48 Å². The molecule has 2 heterocycles. The molecule has 1 aliphatic heterocycles. The number of likely N-dealkylation sites (tertiary alicyclic amines) is 1. The highest BCUT2D eigenvalue weighted by Crippen LogP contribution is 2.35. The lowest BCUT2D eigenvalue weighted by Crippen LogP contribution is -2.52. The minimum absolute atomic E-state index is 0.00126. The summed E-state index contributed by atoms with van der Waals surface area (Å²) in [5, 5.41) is 4.40. The van der Waals surface area contributed by atoms with Gasteiger partial charge in [0.2, 0.25) is 0 Å². The predicted molar refractivity (Wildman–Crippen MR) is 75.0 cm³/mol. The molecule has 1 aliphatic rings. The molecule has 1 aromatic rings. The molecule has 0 radical (unpaired) electrons. The van der Waals surface area contributed by atoms with Gasteiger partial charge in [-0.15, -0.1) is 0 Å². The van der Waals surface area contributed by atoms with E-state index in [1.165, 1.54) is 0 Å². The second-order valence-corrected chi connectivity index (χ2v) is 6.20. The number of alkyl halides is 3. The van der Waals surface area contributed by atoms with E-state index in [1.807, 2.05) is 20.0 Å². The largest absolute Gasteiger partial charge is 0.471 e. The third-order valence-corrected chi connectivity index (χ3v) is 4.13. The monoisotopic (exact) mass is 318 g/mol. The number of amides is 1. The summed E-state index contributed by atoms with van der Waals surface area (Å²) in [5.74, 6) is -1.61. The molecule has 1 saturated heterocycles. The Morgan fingerprint density at radius 1 is 1.36 bits per heavy atom. The zero-order valence-electron chi connectivity index (χ0n) is 12.9. The molecule has 0 saturated carbocycles. The molecule has 1 aromatic heterocycles. The van der Waals surface area contributed by atoms with Gasteiger partial charge in [0.05, 0.1) is 5.69 Å². The fourth-order valence-electron chi connectivity index (χ4n) is 2.87. The van der Waals surface area contributed by atoms with Crippen LogP contribution in [0.3, 0.4) is 0 Å². The van der Waals surface area contributed by atoms with Crippen molar-refractivity contribution in [3.8, 4) is 0 Å². The number of aromatic nitrogens is 2. The first kappa shape index (κ1) is 16.8. The lowest BCUT2D eigenvalue weighted by molar-refractivity contribution is -0.186. The first-order valence-corrected chi connectivity index (χ1v) is 7.23. The molecule has 0 bridgehead atoms. The minimum atomic E-state index is -4.83. The van der Waals surface area contributed by atoms with E-state index in [2.05, 4.69) is 5.10 Å². The van der Waals surface area contributed by atoms with E-state index in [1.54, 1.807) is 11.7 Å². The predicted octanol–water partition coefficient (Wildman–Crippen LogP) is 1.88. The highest BCUT2D eigenvalue weighted by atomic mass is 19.4. The van der Waals surface area contributed by atoms with E-state index in [0.717, 1.165) is 16.2 Å². The van der Waals surface area contributed by atoms with Crippen molar-refractivity contribution in [2.75, 3.05) is 13.1 Å². The Kier molecular flexibility index (Phi) is 4.25. The van der Waals surface area contributed by atoms with Crippen LogP contribution in [0.5, 0.6) is 0 Å². The molecule has 1 amide bonds. The second kappa shape index (κ2) is 5.57. The van der Waals surface area contributed by atoms with Crippen molar-refractivity contribution in [3.05, 3.63) is 17.5 Å². The molecule has 22 heavy (non-hydrogen) atoms. The molecule has 2 N–H and O–H groups in total. The van der Waals surface area contributed by atoms with Gasteiger partial charge in [-0.1, -0.05) is 13.8 Å². The molecule has 2 rings (SSSR count). The fourth-order valence-corrected chi connectivity index (χ4v) is 2.87. The van der Waals surface area contributed by atoms with E-state index >= 15 is 0 Å². The molecule has 1 fully saturated rings. The van der Waals surface area contributed by atoms with Crippen LogP contribution in [0.4, 0.5) is 13.2 Å². The summed E-state index contributed by atoms with van der Waals surface area (Å²) in [5.41, 5.74) is 7.42. The van der Waals surface area contributed by atoms with Gasteiger partial charge >= 0.3 is 12.1 Å². The summed E-state index contributed by atoms with van der Waals surface area (Å²) >= 11 is 0. The van der Waals surface area contributed by atoms with E-state index in [9.17, 15) is 18.0 Å². The zero-order valence-corrected chi connectivity index (χ0v) is 12.9. The van der Waals surface area contributed by atoms with Crippen LogP contribution in [-0.2, 0) is 17.4 Å². The lowest BCUT2D eigenvalue weighted by atomic mass is 9.80. The van der Waals surface area contributed by atoms with Gasteiger partial charge in [-0.25, -0.2) is 0 Å². The van der Waals surface area contributed by atoms with Crippen molar-refractivity contribution in [3.63, 3.8) is 0 Å². The molecule has 0 atom stereocenters. The van der Waals surface area contributed by atoms with Gasteiger partial charge in [-0.05, 0) is 18.8 Å². The smallest absolute Gasteiger partial charge is 0.335 e. The number of carbonyl (C=O) groups excluding carboxylic acids is 1. The number of halogens is 3. The maximum atomic E-state index is 12.5. The lowest BCUT2D eigenvalue weighted by Gasteiger charge is -2.39. The van der Waals surface area contributed by atoms with Gasteiger partial charge in [0.15, 0.2) is 0 Å². The number of hydrogen-bond donors (Lipinski definition) is 1. The van der Waals surface area contributed by atoms with E-state index in [4.69, 9.17) is 5.73 Å². The van der Waals surface area contributed by atoms with Crippen LogP contribution in [0, 0.1) is 0 Å². The van der Waals surface area contributed by atoms with Gasteiger partial charge in [-0.2, -0.15) is 18.3 Å². The summed E-state index contributed by atoms with van der Waals surface area (Å²) < 4.78 is 39.1. The van der Waals surface area contributed by atoms with Gasteiger partial charge in [0.1, 0.15) is 0 Å². The number of piperidine rings is 1. The SMILES string of the molecule is CC(C)c1nn(C)cc1C1(N)CCN(C(=O)C(F)(F)F)CC1. The van der Waals surface area contributed by atoms with Crippen LogP contribution < -0.4 is 5.73 Å². The first-order chi connectivity index (χ1) is 10.0. The Bertz CT molecular complexity index is 557. The highest BCUT2D eigenvalue weighted by Gasteiger charge is 2.45. The number of carbonyl (C=O) groups is 1. The van der Waals surface area contributed by atoms with Crippen LogP contribution in [0.25, 0.3) is 0 Å². The van der Waals surface area contributed by atoms with Gasteiger partial charge in [0.25, 0.3) is 0 Å².